The lowest BCUT2D eigenvalue weighted by Gasteiger charge is -2.12. The number of anilines is 3. The van der Waals surface area contributed by atoms with E-state index in [1.54, 1.807) is 18.0 Å². The molecule has 27 heavy (non-hydrogen) atoms. The van der Waals surface area contributed by atoms with E-state index >= 15 is 0 Å². The minimum absolute atomic E-state index is 0.153. The Morgan fingerprint density at radius 3 is 2.93 bits per heavy atom. The Kier molecular flexibility index (Phi) is 4.42. The summed E-state index contributed by atoms with van der Waals surface area (Å²) in [6.45, 7) is 3.90. The van der Waals surface area contributed by atoms with Crippen molar-refractivity contribution in [1.82, 2.24) is 14.8 Å². The van der Waals surface area contributed by atoms with Gasteiger partial charge in [0.15, 0.2) is 23.1 Å². The van der Waals surface area contributed by atoms with E-state index in [9.17, 15) is 8.96 Å². The first-order valence-electron chi connectivity index (χ1n) is 9.06. The summed E-state index contributed by atoms with van der Waals surface area (Å²) in [5.74, 6) is -0.0910. The zero-order valence-electron chi connectivity index (χ0n) is 15.5. The largest absolute Gasteiger partial charge is 0.382 e. The molecule has 6 nitrogen and oxygen atoms in total. The van der Waals surface area contributed by atoms with Crippen molar-refractivity contribution < 1.29 is 8.96 Å². The molecule has 1 aromatic carbocycles. The van der Waals surface area contributed by atoms with Gasteiger partial charge in [-0.2, -0.15) is 5.10 Å². The second-order valence-electron chi connectivity index (χ2n) is 7.52. The highest BCUT2D eigenvalue weighted by molar-refractivity contribution is 7.62. The number of rotatable bonds is 5. The number of benzene rings is 1. The summed E-state index contributed by atoms with van der Waals surface area (Å²) in [4.78, 5) is 4.46. The van der Waals surface area contributed by atoms with Crippen LogP contribution in [0.5, 0.6) is 0 Å². The lowest BCUT2D eigenvalue weighted by Crippen LogP contribution is -2.07. The van der Waals surface area contributed by atoms with Crippen LogP contribution in [0.3, 0.4) is 0 Å². The molecule has 8 heteroatoms. The number of hydrogen-bond donors (Lipinski definition) is 2. The highest BCUT2D eigenvalue weighted by Crippen LogP contribution is 2.36. The van der Waals surface area contributed by atoms with Gasteiger partial charge in [-0.3, -0.25) is 0 Å². The van der Waals surface area contributed by atoms with Crippen LogP contribution in [-0.4, -0.2) is 34.3 Å². The lowest BCUT2D eigenvalue weighted by molar-refractivity contribution is 0.574. The molecule has 0 radical (unpaired) electrons. The average molecular weight is 387 g/mol. The molecule has 0 amide bonds. The molecule has 1 aliphatic rings. The number of halogens is 1. The maximum atomic E-state index is 14.7. The maximum absolute atomic E-state index is 14.7. The van der Waals surface area contributed by atoms with Crippen LogP contribution in [0.25, 0.3) is 11.0 Å². The number of nitrogens with two attached hydrogens (primary N) is 1. The van der Waals surface area contributed by atoms with Crippen molar-refractivity contribution in [3.8, 4) is 0 Å². The standard InChI is InChI=1S/C19H23FN5OP/c1-27(2,26)10-9-25-19-14(17(21)24-25)11-15(20)18(23-19)22-16-8-4-6-12-5-3-7-13(12)16/h4,6,8,11H,3,5,7,9-10H2,1-2H3,(H2,21,24)(H,22,23). The van der Waals surface area contributed by atoms with Gasteiger partial charge in [0.25, 0.3) is 0 Å². The number of nitrogen functional groups attached to an aromatic ring is 1. The van der Waals surface area contributed by atoms with Crippen molar-refractivity contribution in [2.24, 2.45) is 0 Å². The molecule has 3 aromatic rings. The summed E-state index contributed by atoms with van der Waals surface area (Å²) in [5.41, 5.74) is 9.85. The second kappa shape index (κ2) is 6.64. The summed E-state index contributed by atoms with van der Waals surface area (Å²) in [6, 6.07) is 7.41. The van der Waals surface area contributed by atoms with E-state index in [0.29, 0.717) is 23.7 Å². The minimum atomic E-state index is -2.20. The van der Waals surface area contributed by atoms with Crippen molar-refractivity contribution in [3.63, 3.8) is 0 Å². The van der Waals surface area contributed by atoms with Crippen molar-refractivity contribution >= 4 is 35.5 Å². The van der Waals surface area contributed by atoms with Gasteiger partial charge in [-0.25, -0.2) is 14.1 Å². The van der Waals surface area contributed by atoms with Crippen molar-refractivity contribution in [3.05, 3.63) is 41.2 Å². The van der Waals surface area contributed by atoms with Crippen LogP contribution in [-0.2, 0) is 24.0 Å². The van der Waals surface area contributed by atoms with Gasteiger partial charge in [0.2, 0.25) is 0 Å². The smallest absolute Gasteiger partial charge is 0.169 e. The zero-order valence-corrected chi connectivity index (χ0v) is 16.4. The van der Waals surface area contributed by atoms with E-state index in [0.717, 1.165) is 24.9 Å². The van der Waals surface area contributed by atoms with Crippen LogP contribution in [0.4, 0.5) is 21.7 Å². The summed E-state index contributed by atoms with van der Waals surface area (Å²) in [5, 5.41) is 7.88. The highest BCUT2D eigenvalue weighted by Gasteiger charge is 2.19. The summed E-state index contributed by atoms with van der Waals surface area (Å²) < 4.78 is 28.3. The van der Waals surface area contributed by atoms with Gasteiger partial charge in [0.05, 0.1) is 19.1 Å². The Hall–Kier alpha value is -2.40. The average Bonchev–Trinajstić information content (AvgIpc) is 3.19. The summed E-state index contributed by atoms with van der Waals surface area (Å²) >= 11 is 0. The topological polar surface area (TPSA) is 85.8 Å². The SMILES string of the molecule is CP(C)(=O)CCn1nc(N)c2cc(F)c(Nc3cccc4c3CCC4)nc21. The third-order valence-electron chi connectivity index (χ3n) is 4.95. The predicted octanol–water partition coefficient (Wildman–Crippen LogP) is 4.01. The van der Waals surface area contributed by atoms with E-state index in [-0.39, 0.29) is 11.6 Å². The molecule has 0 unspecified atom stereocenters. The quantitative estimate of drug-likeness (QED) is 0.646. The molecule has 142 valence electrons. The fourth-order valence-electron chi connectivity index (χ4n) is 3.54. The molecular formula is C19H23FN5OP. The van der Waals surface area contributed by atoms with Gasteiger partial charge in [-0.05, 0) is 55.9 Å². The fraction of sp³-hybridized carbons (Fsp3) is 0.368. The van der Waals surface area contributed by atoms with Crippen LogP contribution < -0.4 is 11.1 Å². The van der Waals surface area contributed by atoms with Crippen LogP contribution in [0.2, 0.25) is 0 Å². The second-order valence-corrected chi connectivity index (χ2v) is 11.1. The molecule has 0 saturated carbocycles. The molecule has 0 saturated heterocycles. The highest BCUT2D eigenvalue weighted by atomic mass is 31.2. The van der Waals surface area contributed by atoms with E-state index in [1.165, 1.54) is 17.2 Å². The van der Waals surface area contributed by atoms with Crippen LogP contribution in [0, 0.1) is 5.82 Å². The molecule has 4 rings (SSSR count). The summed E-state index contributed by atoms with van der Waals surface area (Å²) in [7, 11) is -2.20. The fourth-order valence-corrected chi connectivity index (χ4v) is 4.21. The van der Waals surface area contributed by atoms with Crippen molar-refractivity contribution in [2.75, 3.05) is 30.5 Å². The van der Waals surface area contributed by atoms with Gasteiger partial charge in [0, 0.05) is 11.8 Å². The number of hydrogen-bond acceptors (Lipinski definition) is 5. The molecule has 2 aromatic heterocycles. The monoisotopic (exact) mass is 387 g/mol. The number of nitrogens with zero attached hydrogens (tertiary/aromatic N) is 3. The Labute approximate surface area is 157 Å². The molecular weight excluding hydrogens is 364 g/mol. The lowest BCUT2D eigenvalue weighted by atomic mass is 10.1. The molecule has 1 aliphatic carbocycles. The Bertz CT molecular complexity index is 1070. The van der Waals surface area contributed by atoms with Crippen LogP contribution in [0.15, 0.2) is 24.3 Å². The first-order chi connectivity index (χ1) is 12.8. The Morgan fingerprint density at radius 1 is 1.33 bits per heavy atom. The number of aryl methyl sites for hydroxylation is 2. The molecule has 0 fully saturated rings. The molecule has 0 spiro atoms. The number of pyridine rings is 1. The van der Waals surface area contributed by atoms with E-state index < -0.39 is 13.0 Å². The van der Waals surface area contributed by atoms with Crippen molar-refractivity contribution in [2.45, 2.75) is 25.8 Å². The first kappa shape index (κ1) is 18.0. The van der Waals surface area contributed by atoms with E-state index in [2.05, 4.69) is 21.5 Å². The molecule has 0 bridgehead atoms. The predicted molar refractivity (Wildman–Crippen MR) is 108 cm³/mol. The molecule has 0 aliphatic heterocycles. The Balaban J connectivity index is 1.72. The van der Waals surface area contributed by atoms with Gasteiger partial charge >= 0.3 is 0 Å². The van der Waals surface area contributed by atoms with Gasteiger partial charge in [-0.1, -0.05) is 12.1 Å². The van der Waals surface area contributed by atoms with Gasteiger partial charge < -0.3 is 15.6 Å². The molecule has 3 N–H and O–H groups in total. The molecule has 2 heterocycles. The zero-order chi connectivity index (χ0) is 19.2. The first-order valence-corrected chi connectivity index (χ1v) is 11.8. The third kappa shape index (κ3) is 3.56. The Morgan fingerprint density at radius 2 is 2.15 bits per heavy atom. The maximum Gasteiger partial charge on any atom is 0.169 e. The van der Waals surface area contributed by atoms with Crippen LogP contribution >= 0.6 is 7.14 Å². The van der Waals surface area contributed by atoms with Crippen LogP contribution in [0.1, 0.15) is 17.5 Å². The van der Waals surface area contributed by atoms with Crippen molar-refractivity contribution in [1.29, 1.82) is 0 Å². The number of nitrogens with one attached hydrogen (secondary N) is 1. The number of aromatic nitrogens is 3. The van der Waals surface area contributed by atoms with Gasteiger partial charge in [0.1, 0.15) is 0 Å². The van der Waals surface area contributed by atoms with Gasteiger partial charge in [-0.15, -0.1) is 0 Å². The van der Waals surface area contributed by atoms with E-state index in [1.807, 2.05) is 12.1 Å². The number of fused-ring (bicyclic) bond motifs is 2. The third-order valence-corrected chi connectivity index (χ3v) is 6.23. The normalized spacial score (nSPS) is 13.9. The summed E-state index contributed by atoms with van der Waals surface area (Å²) in [6.07, 6.45) is 3.63. The van der Waals surface area contributed by atoms with E-state index in [4.69, 9.17) is 5.73 Å². The minimum Gasteiger partial charge on any atom is -0.382 e. The molecule has 0 atom stereocenters.